The first-order chi connectivity index (χ1) is 9.33. The summed E-state index contributed by atoms with van der Waals surface area (Å²) in [5.74, 6) is 0. The van der Waals surface area contributed by atoms with E-state index in [1.165, 1.54) is 0 Å². The van der Waals surface area contributed by atoms with Gasteiger partial charge >= 0.3 is 0 Å². The average Bonchev–Trinajstić information content (AvgIpc) is 3.08. The number of aromatic amines is 1. The molecular formula is C14H8ClN3S. The van der Waals surface area contributed by atoms with Crippen molar-refractivity contribution in [1.82, 2.24) is 15.0 Å². The predicted octanol–water partition coefficient (Wildman–Crippen LogP) is 4.49. The molecule has 0 atom stereocenters. The average molecular weight is 286 g/mol. The van der Waals surface area contributed by atoms with Gasteiger partial charge in [0.05, 0.1) is 34.1 Å². The number of nitrogens with zero attached hydrogens (tertiary/aromatic N) is 2. The summed E-state index contributed by atoms with van der Waals surface area (Å²) in [6.45, 7) is 0. The molecule has 0 bridgehead atoms. The summed E-state index contributed by atoms with van der Waals surface area (Å²) in [5, 5.41) is 5.87. The smallest absolute Gasteiger partial charge is 0.0992 e. The normalized spacial score (nSPS) is 11.4. The molecule has 0 amide bonds. The number of benzene rings is 1. The Kier molecular flexibility index (Phi) is 2.33. The van der Waals surface area contributed by atoms with Crippen molar-refractivity contribution in [2.45, 2.75) is 0 Å². The summed E-state index contributed by atoms with van der Waals surface area (Å²) in [6, 6.07) is 6.03. The van der Waals surface area contributed by atoms with Gasteiger partial charge in [-0.2, -0.15) is 11.3 Å². The molecule has 4 rings (SSSR count). The minimum Gasteiger partial charge on any atom is -0.343 e. The molecule has 19 heavy (non-hydrogen) atoms. The van der Waals surface area contributed by atoms with Crippen LogP contribution in [0.5, 0.6) is 0 Å². The molecule has 3 heterocycles. The van der Waals surface area contributed by atoms with Crippen molar-refractivity contribution in [2.75, 3.05) is 0 Å². The molecule has 0 aliphatic rings. The highest BCUT2D eigenvalue weighted by Crippen LogP contribution is 2.34. The molecule has 3 nitrogen and oxygen atoms in total. The Hall–Kier alpha value is -1.91. The van der Waals surface area contributed by atoms with Crippen molar-refractivity contribution in [1.29, 1.82) is 0 Å². The number of fused-ring (bicyclic) bond motifs is 3. The molecule has 0 saturated carbocycles. The molecule has 0 spiro atoms. The van der Waals surface area contributed by atoms with Gasteiger partial charge in [-0.15, -0.1) is 0 Å². The fourth-order valence-electron chi connectivity index (χ4n) is 2.25. The van der Waals surface area contributed by atoms with Crippen LogP contribution in [0, 0.1) is 0 Å². The predicted molar refractivity (Wildman–Crippen MR) is 79.7 cm³/mol. The zero-order chi connectivity index (χ0) is 12.8. The minimum absolute atomic E-state index is 0.716. The first kappa shape index (κ1) is 11.0. The third kappa shape index (κ3) is 1.64. The van der Waals surface area contributed by atoms with Crippen LogP contribution in [0.2, 0.25) is 5.02 Å². The van der Waals surface area contributed by atoms with Crippen molar-refractivity contribution >= 4 is 44.9 Å². The van der Waals surface area contributed by atoms with Gasteiger partial charge in [0.15, 0.2) is 0 Å². The maximum atomic E-state index is 6.36. The molecule has 1 aromatic carbocycles. The number of nitrogens with one attached hydrogen (secondary N) is 1. The molecule has 92 valence electrons. The van der Waals surface area contributed by atoms with Crippen LogP contribution < -0.4 is 0 Å². The van der Waals surface area contributed by atoms with E-state index in [0.717, 1.165) is 33.1 Å². The second-order valence-electron chi connectivity index (χ2n) is 4.28. The Balaban J connectivity index is 2.13. The lowest BCUT2D eigenvalue weighted by Crippen LogP contribution is -1.84. The van der Waals surface area contributed by atoms with E-state index >= 15 is 0 Å². The summed E-state index contributed by atoms with van der Waals surface area (Å²) in [7, 11) is 0. The minimum atomic E-state index is 0.716. The number of rotatable bonds is 1. The fourth-order valence-corrected chi connectivity index (χ4v) is 3.17. The van der Waals surface area contributed by atoms with E-state index in [2.05, 4.69) is 32.5 Å². The Morgan fingerprint density at radius 2 is 2.16 bits per heavy atom. The van der Waals surface area contributed by atoms with Crippen molar-refractivity contribution in [3.63, 3.8) is 0 Å². The van der Waals surface area contributed by atoms with Crippen LogP contribution in [0.3, 0.4) is 0 Å². The van der Waals surface area contributed by atoms with Crippen LogP contribution >= 0.6 is 22.9 Å². The van der Waals surface area contributed by atoms with E-state index in [1.807, 2.05) is 11.4 Å². The van der Waals surface area contributed by atoms with Crippen molar-refractivity contribution < 1.29 is 0 Å². The van der Waals surface area contributed by atoms with E-state index in [4.69, 9.17) is 11.6 Å². The SMILES string of the molecule is Clc1cc2ncc3[nH]cnc3c2cc1-c1ccsc1. The number of thiophene rings is 1. The van der Waals surface area contributed by atoms with Gasteiger partial charge in [-0.25, -0.2) is 4.98 Å². The van der Waals surface area contributed by atoms with Gasteiger partial charge in [-0.05, 0) is 34.5 Å². The van der Waals surface area contributed by atoms with E-state index in [-0.39, 0.29) is 0 Å². The number of imidazole rings is 1. The van der Waals surface area contributed by atoms with Gasteiger partial charge in [-0.3, -0.25) is 4.98 Å². The molecule has 1 N–H and O–H groups in total. The van der Waals surface area contributed by atoms with Crippen LogP contribution in [0.1, 0.15) is 0 Å². The van der Waals surface area contributed by atoms with Crippen LogP contribution in [0.4, 0.5) is 0 Å². The molecule has 0 aliphatic heterocycles. The Morgan fingerprint density at radius 3 is 3.00 bits per heavy atom. The van der Waals surface area contributed by atoms with Crippen LogP contribution in [-0.4, -0.2) is 15.0 Å². The highest BCUT2D eigenvalue weighted by Gasteiger charge is 2.10. The van der Waals surface area contributed by atoms with Crippen LogP contribution in [0.25, 0.3) is 33.1 Å². The second-order valence-corrected chi connectivity index (χ2v) is 5.47. The van der Waals surface area contributed by atoms with Crippen molar-refractivity contribution in [3.05, 3.63) is 46.5 Å². The topological polar surface area (TPSA) is 41.6 Å². The number of hydrogen-bond donors (Lipinski definition) is 1. The van der Waals surface area contributed by atoms with E-state index < -0.39 is 0 Å². The summed E-state index contributed by atoms with van der Waals surface area (Å²) in [5.41, 5.74) is 4.88. The Labute approximate surface area is 117 Å². The second kappa shape index (κ2) is 4.05. The van der Waals surface area contributed by atoms with Gasteiger partial charge in [0.25, 0.3) is 0 Å². The van der Waals surface area contributed by atoms with Crippen molar-refractivity contribution in [2.24, 2.45) is 0 Å². The number of pyridine rings is 1. The Bertz CT molecular complexity index is 880. The summed E-state index contributed by atoms with van der Waals surface area (Å²) >= 11 is 8.01. The number of H-pyrrole nitrogens is 1. The highest BCUT2D eigenvalue weighted by molar-refractivity contribution is 7.08. The third-order valence-corrected chi connectivity index (χ3v) is 4.17. The summed E-state index contributed by atoms with van der Waals surface area (Å²) < 4.78 is 0. The Morgan fingerprint density at radius 1 is 1.21 bits per heavy atom. The van der Waals surface area contributed by atoms with Crippen molar-refractivity contribution in [3.8, 4) is 11.1 Å². The maximum Gasteiger partial charge on any atom is 0.0992 e. The molecule has 0 aliphatic carbocycles. The fraction of sp³-hybridized carbons (Fsp3) is 0. The summed E-state index contributed by atoms with van der Waals surface area (Å²) in [6.07, 6.45) is 3.47. The molecular weight excluding hydrogens is 278 g/mol. The largest absolute Gasteiger partial charge is 0.343 e. The summed E-state index contributed by atoms with van der Waals surface area (Å²) in [4.78, 5) is 11.9. The number of halogens is 1. The first-order valence-corrected chi connectivity index (χ1v) is 7.09. The number of aromatic nitrogens is 3. The van der Waals surface area contributed by atoms with Gasteiger partial charge in [0.1, 0.15) is 0 Å². The highest BCUT2D eigenvalue weighted by atomic mass is 35.5. The van der Waals surface area contributed by atoms with E-state index in [9.17, 15) is 0 Å². The lowest BCUT2D eigenvalue weighted by atomic mass is 10.1. The lowest BCUT2D eigenvalue weighted by molar-refractivity contribution is 1.34. The van der Waals surface area contributed by atoms with Crippen LogP contribution in [0.15, 0.2) is 41.5 Å². The molecule has 5 heteroatoms. The van der Waals surface area contributed by atoms with E-state index in [1.54, 1.807) is 23.9 Å². The van der Waals surface area contributed by atoms with Gasteiger partial charge in [0, 0.05) is 10.9 Å². The third-order valence-electron chi connectivity index (χ3n) is 3.17. The van der Waals surface area contributed by atoms with Gasteiger partial charge < -0.3 is 4.98 Å². The van der Waals surface area contributed by atoms with Gasteiger partial charge in [-0.1, -0.05) is 11.6 Å². The number of hydrogen-bond acceptors (Lipinski definition) is 3. The zero-order valence-electron chi connectivity index (χ0n) is 9.72. The lowest BCUT2D eigenvalue weighted by Gasteiger charge is -2.05. The van der Waals surface area contributed by atoms with E-state index in [0.29, 0.717) is 5.02 Å². The molecule has 0 fully saturated rings. The molecule has 0 saturated heterocycles. The monoisotopic (exact) mass is 285 g/mol. The molecule has 4 aromatic rings. The molecule has 0 radical (unpaired) electrons. The van der Waals surface area contributed by atoms with Gasteiger partial charge in [0.2, 0.25) is 0 Å². The molecule has 3 aromatic heterocycles. The molecule has 0 unspecified atom stereocenters. The van der Waals surface area contributed by atoms with Crippen LogP contribution in [-0.2, 0) is 0 Å². The quantitative estimate of drug-likeness (QED) is 0.560. The maximum absolute atomic E-state index is 6.36. The first-order valence-electron chi connectivity index (χ1n) is 5.77. The zero-order valence-corrected chi connectivity index (χ0v) is 11.3. The standard InChI is InChI=1S/C14H8ClN3S/c15-11-4-12-10(3-9(11)8-1-2-19-6-8)14-13(5-16-12)17-7-18-14/h1-7H,(H,17,18).